The second-order valence-corrected chi connectivity index (χ2v) is 4.89. The minimum absolute atomic E-state index is 0. The molecule has 1 aliphatic heterocycles. The average molecular weight is 319 g/mol. The van der Waals surface area contributed by atoms with Crippen molar-refractivity contribution < 1.29 is 13.9 Å². The number of benzene rings is 1. The van der Waals surface area contributed by atoms with Gasteiger partial charge >= 0.3 is 0 Å². The third-order valence-electron chi connectivity index (χ3n) is 3.77. The lowest BCUT2D eigenvalue weighted by Gasteiger charge is -2.35. The summed E-state index contributed by atoms with van der Waals surface area (Å²) in [7, 11) is 3.29. The molecule has 4 nitrogen and oxygen atoms in total. The maximum Gasteiger partial charge on any atom is 0.123 e. The van der Waals surface area contributed by atoms with E-state index in [9.17, 15) is 4.39 Å². The smallest absolute Gasteiger partial charge is 0.123 e. The first kappa shape index (κ1) is 18.0. The molecule has 1 fully saturated rings. The normalized spacial score (nSPS) is 16.9. The molecule has 6 heteroatoms. The molecule has 1 atom stereocenters. The van der Waals surface area contributed by atoms with Gasteiger partial charge in [-0.3, -0.25) is 9.29 Å². The number of piperazine rings is 1. The molecular formula is C15H24ClFN2O2. The second-order valence-electron chi connectivity index (χ2n) is 4.89. The van der Waals surface area contributed by atoms with Crippen LogP contribution >= 0.6 is 12.4 Å². The highest BCUT2D eigenvalue weighted by Gasteiger charge is 2.25. The zero-order valence-corrected chi connectivity index (χ0v) is 13.4. The average Bonchev–Trinajstić information content (AvgIpc) is 2.53. The minimum atomic E-state index is -0.338. The van der Waals surface area contributed by atoms with Crippen molar-refractivity contribution in [3.63, 3.8) is 0 Å². The first-order valence-corrected chi connectivity index (χ1v) is 7.02. The standard InChI is InChI=1S/C15H23FN2O2.ClH/c1-19-12-3-4-15(20-2)13(11-12)14(5-6-16)18-9-7-17-8-10-18;/h3-4,11,14,17H,5-10H2,1-2H3;1H/t14-;/m0./s1. The minimum Gasteiger partial charge on any atom is -0.497 e. The Morgan fingerprint density at radius 3 is 2.52 bits per heavy atom. The number of halogens is 2. The van der Waals surface area contributed by atoms with Crippen LogP contribution in [0.25, 0.3) is 0 Å². The van der Waals surface area contributed by atoms with E-state index in [1.165, 1.54) is 0 Å². The maximum absolute atomic E-state index is 13.0. The largest absolute Gasteiger partial charge is 0.497 e. The summed E-state index contributed by atoms with van der Waals surface area (Å²) in [4.78, 5) is 2.31. The van der Waals surface area contributed by atoms with Gasteiger partial charge in [-0.2, -0.15) is 0 Å². The van der Waals surface area contributed by atoms with E-state index >= 15 is 0 Å². The van der Waals surface area contributed by atoms with Gasteiger partial charge in [0.25, 0.3) is 0 Å². The topological polar surface area (TPSA) is 33.7 Å². The lowest BCUT2D eigenvalue weighted by Crippen LogP contribution is -2.45. The van der Waals surface area contributed by atoms with E-state index in [-0.39, 0.29) is 25.1 Å². The van der Waals surface area contributed by atoms with Gasteiger partial charge < -0.3 is 14.8 Å². The van der Waals surface area contributed by atoms with Crippen molar-refractivity contribution in [2.75, 3.05) is 47.1 Å². The van der Waals surface area contributed by atoms with E-state index in [2.05, 4.69) is 10.2 Å². The van der Waals surface area contributed by atoms with Gasteiger partial charge in [0, 0.05) is 37.8 Å². The summed E-state index contributed by atoms with van der Waals surface area (Å²) in [5.41, 5.74) is 1.01. The van der Waals surface area contributed by atoms with Gasteiger partial charge in [-0.15, -0.1) is 12.4 Å². The molecule has 0 aromatic heterocycles. The Bertz CT molecular complexity index is 428. The number of rotatable bonds is 6. The molecular weight excluding hydrogens is 295 g/mol. The summed E-state index contributed by atoms with van der Waals surface area (Å²) in [5, 5.41) is 3.32. The fourth-order valence-electron chi connectivity index (χ4n) is 2.73. The summed E-state index contributed by atoms with van der Waals surface area (Å²) >= 11 is 0. The number of nitrogens with one attached hydrogen (secondary N) is 1. The van der Waals surface area contributed by atoms with E-state index < -0.39 is 0 Å². The summed E-state index contributed by atoms with van der Waals surface area (Å²) in [6, 6.07) is 5.75. The van der Waals surface area contributed by atoms with Crippen molar-refractivity contribution in [1.29, 1.82) is 0 Å². The Labute approximate surface area is 132 Å². The molecule has 1 saturated heterocycles. The highest BCUT2D eigenvalue weighted by Crippen LogP contribution is 2.34. The predicted octanol–water partition coefficient (Wildman–Crippen LogP) is 2.43. The highest BCUT2D eigenvalue weighted by molar-refractivity contribution is 5.85. The number of methoxy groups -OCH3 is 2. The molecule has 120 valence electrons. The second kappa shape index (κ2) is 9.07. The summed E-state index contributed by atoms with van der Waals surface area (Å²) in [5.74, 6) is 1.57. The van der Waals surface area contributed by atoms with Gasteiger partial charge in [-0.05, 0) is 24.6 Å². The molecule has 0 bridgehead atoms. The van der Waals surface area contributed by atoms with E-state index in [0.717, 1.165) is 43.2 Å². The van der Waals surface area contributed by atoms with E-state index in [0.29, 0.717) is 6.42 Å². The van der Waals surface area contributed by atoms with Crippen molar-refractivity contribution in [2.45, 2.75) is 12.5 Å². The van der Waals surface area contributed by atoms with Crippen LogP contribution in [-0.4, -0.2) is 52.0 Å². The van der Waals surface area contributed by atoms with Gasteiger partial charge in [0.05, 0.1) is 20.9 Å². The molecule has 1 heterocycles. The molecule has 0 amide bonds. The Morgan fingerprint density at radius 1 is 1.24 bits per heavy atom. The van der Waals surface area contributed by atoms with E-state index in [1.54, 1.807) is 14.2 Å². The van der Waals surface area contributed by atoms with Crippen molar-refractivity contribution >= 4 is 12.4 Å². The van der Waals surface area contributed by atoms with E-state index in [1.807, 2.05) is 18.2 Å². The van der Waals surface area contributed by atoms with Crippen molar-refractivity contribution in [1.82, 2.24) is 10.2 Å². The number of ether oxygens (including phenoxy) is 2. The highest BCUT2D eigenvalue weighted by atomic mass is 35.5. The third kappa shape index (κ3) is 4.46. The molecule has 21 heavy (non-hydrogen) atoms. The van der Waals surface area contributed by atoms with Crippen LogP contribution in [0.4, 0.5) is 4.39 Å². The molecule has 0 aliphatic carbocycles. The zero-order valence-electron chi connectivity index (χ0n) is 12.6. The van der Waals surface area contributed by atoms with Crippen LogP contribution in [0.15, 0.2) is 18.2 Å². The Kier molecular flexibility index (Phi) is 7.78. The number of nitrogens with zero attached hydrogens (tertiary/aromatic N) is 1. The van der Waals surface area contributed by atoms with Gasteiger partial charge in [0.15, 0.2) is 0 Å². The zero-order chi connectivity index (χ0) is 14.4. The van der Waals surface area contributed by atoms with Gasteiger partial charge in [-0.1, -0.05) is 0 Å². The molecule has 1 aromatic rings. The van der Waals surface area contributed by atoms with Gasteiger partial charge in [-0.25, -0.2) is 0 Å². The van der Waals surface area contributed by atoms with Crippen LogP contribution in [0.2, 0.25) is 0 Å². The monoisotopic (exact) mass is 318 g/mol. The summed E-state index contributed by atoms with van der Waals surface area (Å²) in [6.07, 6.45) is 0.476. The van der Waals surface area contributed by atoms with Gasteiger partial charge in [0.2, 0.25) is 0 Å². The first-order valence-electron chi connectivity index (χ1n) is 7.02. The van der Waals surface area contributed by atoms with E-state index in [4.69, 9.17) is 9.47 Å². The molecule has 0 unspecified atom stereocenters. The number of hydrogen-bond donors (Lipinski definition) is 1. The molecule has 0 spiro atoms. The van der Waals surface area contributed by atoms with Crippen molar-refractivity contribution in [3.8, 4) is 11.5 Å². The first-order chi connectivity index (χ1) is 9.80. The SMILES string of the molecule is COc1ccc(OC)c([C@H](CCF)N2CCNCC2)c1.Cl. The van der Waals surface area contributed by atoms with Gasteiger partial charge in [0.1, 0.15) is 11.5 Å². The van der Waals surface area contributed by atoms with Crippen LogP contribution in [0.1, 0.15) is 18.0 Å². The Hall–Kier alpha value is -1.04. The van der Waals surface area contributed by atoms with Crippen LogP contribution in [0.3, 0.4) is 0 Å². The molecule has 2 rings (SSSR count). The number of alkyl halides is 1. The van der Waals surface area contributed by atoms with Crippen molar-refractivity contribution in [2.24, 2.45) is 0 Å². The predicted molar refractivity (Wildman–Crippen MR) is 84.6 cm³/mol. The summed E-state index contributed by atoms with van der Waals surface area (Å²) < 4.78 is 23.7. The third-order valence-corrected chi connectivity index (χ3v) is 3.77. The van der Waals surface area contributed by atoms with Crippen molar-refractivity contribution in [3.05, 3.63) is 23.8 Å². The lowest BCUT2D eigenvalue weighted by atomic mass is 10.00. The molecule has 0 saturated carbocycles. The lowest BCUT2D eigenvalue weighted by molar-refractivity contribution is 0.154. The van der Waals surface area contributed by atoms with Crippen LogP contribution in [-0.2, 0) is 0 Å². The molecule has 1 aliphatic rings. The number of hydrogen-bond acceptors (Lipinski definition) is 4. The van der Waals surface area contributed by atoms with Crippen LogP contribution in [0, 0.1) is 0 Å². The van der Waals surface area contributed by atoms with Crippen LogP contribution < -0.4 is 14.8 Å². The summed E-state index contributed by atoms with van der Waals surface area (Å²) in [6.45, 7) is 3.38. The molecule has 1 aromatic carbocycles. The maximum atomic E-state index is 13.0. The quantitative estimate of drug-likeness (QED) is 0.873. The molecule has 1 N–H and O–H groups in total. The Balaban J connectivity index is 0.00000220. The fraction of sp³-hybridized carbons (Fsp3) is 0.600. The Morgan fingerprint density at radius 2 is 1.95 bits per heavy atom. The fourth-order valence-corrected chi connectivity index (χ4v) is 2.73. The van der Waals surface area contributed by atoms with Crippen LogP contribution in [0.5, 0.6) is 11.5 Å². The molecule has 0 radical (unpaired) electrons.